The number of pyridine rings is 1. The van der Waals surface area contributed by atoms with Crippen LogP contribution in [0.3, 0.4) is 0 Å². The van der Waals surface area contributed by atoms with Crippen molar-refractivity contribution in [3.63, 3.8) is 0 Å². The first-order valence-electron chi connectivity index (χ1n) is 8.47. The van der Waals surface area contributed by atoms with Gasteiger partial charge in [0, 0.05) is 37.0 Å². The van der Waals surface area contributed by atoms with Crippen LogP contribution in [0.1, 0.15) is 19.3 Å². The minimum absolute atomic E-state index is 0.0939. The van der Waals surface area contributed by atoms with Gasteiger partial charge in [-0.2, -0.15) is 4.52 Å². The average molecular weight is 335 g/mol. The van der Waals surface area contributed by atoms with E-state index in [9.17, 15) is 4.79 Å². The summed E-state index contributed by atoms with van der Waals surface area (Å²) in [7, 11) is 0. The molecule has 1 aliphatic heterocycles. The molecule has 8 nitrogen and oxygen atoms in total. The van der Waals surface area contributed by atoms with Crippen molar-refractivity contribution in [2.45, 2.75) is 31.3 Å². The third-order valence-corrected chi connectivity index (χ3v) is 4.68. The standard InChI is InChI=1S/C17H17N7O/c25-16-8-12(10-23(16)13-3-4-13)19-14-5-6-15-20-21-17(24(15)22-14)11-2-1-7-18-9-11/h1-2,5-7,9,12-13H,3-4,8,10H2,(H,19,22). The molecule has 1 unspecified atom stereocenters. The summed E-state index contributed by atoms with van der Waals surface area (Å²) in [6, 6.07) is 8.09. The van der Waals surface area contributed by atoms with E-state index < -0.39 is 0 Å². The molecular weight excluding hydrogens is 318 g/mol. The Labute approximate surface area is 143 Å². The van der Waals surface area contributed by atoms with Crippen LogP contribution in [0, 0.1) is 0 Å². The van der Waals surface area contributed by atoms with Crippen molar-refractivity contribution in [2.75, 3.05) is 11.9 Å². The van der Waals surface area contributed by atoms with Gasteiger partial charge < -0.3 is 10.2 Å². The second kappa shape index (κ2) is 5.51. The Hall–Kier alpha value is -3.03. The van der Waals surface area contributed by atoms with Crippen molar-refractivity contribution in [3.8, 4) is 11.4 Å². The summed E-state index contributed by atoms with van der Waals surface area (Å²) in [5.74, 6) is 1.60. The number of likely N-dealkylation sites (tertiary alicyclic amines) is 1. The van der Waals surface area contributed by atoms with E-state index in [2.05, 4.69) is 25.6 Å². The quantitative estimate of drug-likeness (QED) is 0.774. The monoisotopic (exact) mass is 335 g/mol. The highest BCUT2D eigenvalue weighted by atomic mass is 16.2. The Bertz CT molecular complexity index is 935. The number of hydrogen-bond acceptors (Lipinski definition) is 6. The molecule has 0 spiro atoms. The Balaban J connectivity index is 1.42. The van der Waals surface area contributed by atoms with Crippen LogP contribution in [0.25, 0.3) is 17.0 Å². The highest BCUT2D eigenvalue weighted by molar-refractivity contribution is 5.80. The van der Waals surface area contributed by atoms with Gasteiger partial charge in [-0.15, -0.1) is 15.3 Å². The summed E-state index contributed by atoms with van der Waals surface area (Å²) in [5.41, 5.74) is 1.53. The molecule has 8 heteroatoms. The van der Waals surface area contributed by atoms with Gasteiger partial charge in [-0.05, 0) is 37.1 Å². The zero-order valence-electron chi connectivity index (χ0n) is 13.5. The van der Waals surface area contributed by atoms with Crippen LogP contribution < -0.4 is 5.32 Å². The van der Waals surface area contributed by atoms with E-state index in [1.54, 1.807) is 16.9 Å². The maximum absolute atomic E-state index is 12.1. The van der Waals surface area contributed by atoms with Crippen LogP contribution in [-0.2, 0) is 4.79 Å². The normalized spacial score (nSPS) is 20.4. The summed E-state index contributed by atoms with van der Waals surface area (Å²) in [6.07, 6.45) is 6.25. The average Bonchev–Trinajstić information content (AvgIpc) is 3.29. The Morgan fingerprint density at radius 1 is 1.16 bits per heavy atom. The number of nitrogens with zero attached hydrogens (tertiary/aromatic N) is 6. The third kappa shape index (κ3) is 2.59. The first-order valence-corrected chi connectivity index (χ1v) is 8.47. The number of carbonyl (C=O) groups is 1. The van der Waals surface area contributed by atoms with Crippen LogP contribution in [0.2, 0.25) is 0 Å². The van der Waals surface area contributed by atoms with Crippen LogP contribution >= 0.6 is 0 Å². The zero-order chi connectivity index (χ0) is 16.8. The molecule has 1 N–H and O–H groups in total. The lowest BCUT2D eigenvalue weighted by molar-refractivity contribution is -0.128. The van der Waals surface area contributed by atoms with Gasteiger partial charge >= 0.3 is 0 Å². The topological polar surface area (TPSA) is 88.3 Å². The number of nitrogens with one attached hydrogen (secondary N) is 1. The maximum atomic E-state index is 12.1. The summed E-state index contributed by atoms with van der Waals surface area (Å²) in [5, 5.41) is 16.4. The SMILES string of the molecule is O=C1CC(Nc2ccc3nnc(-c4cccnc4)n3n2)CN1C1CC1. The second-order valence-corrected chi connectivity index (χ2v) is 6.58. The van der Waals surface area contributed by atoms with E-state index in [1.165, 1.54) is 0 Å². The minimum atomic E-state index is 0.0939. The number of anilines is 1. The fraction of sp³-hybridized carbons (Fsp3) is 0.353. The highest BCUT2D eigenvalue weighted by Crippen LogP contribution is 2.31. The number of aromatic nitrogens is 5. The van der Waals surface area contributed by atoms with Gasteiger partial charge in [0.1, 0.15) is 5.82 Å². The summed E-state index contributed by atoms with van der Waals surface area (Å²) >= 11 is 0. The molecular formula is C17H17N7O. The minimum Gasteiger partial charge on any atom is -0.364 e. The molecule has 2 fully saturated rings. The molecule has 25 heavy (non-hydrogen) atoms. The van der Waals surface area contributed by atoms with Crippen molar-refractivity contribution < 1.29 is 4.79 Å². The van der Waals surface area contributed by atoms with Gasteiger partial charge in [0.05, 0.1) is 6.04 Å². The molecule has 3 aromatic rings. The predicted octanol–water partition coefficient (Wildman–Crippen LogP) is 1.36. The van der Waals surface area contributed by atoms with E-state index >= 15 is 0 Å². The number of amides is 1. The van der Waals surface area contributed by atoms with Crippen molar-refractivity contribution in [1.82, 2.24) is 29.7 Å². The maximum Gasteiger partial charge on any atom is 0.225 e. The molecule has 0 bridgehead atoms. The van der Waals surface area contributed by atoms with Gasteiger partial charge in [0.2, 0.25) is 5.91 Å². The number of hydrogen-bond donors (Lipinski definition) is 1. The molecule has 1 aliphatic carbocycles. The van der Waals surface area contributed by atoms with Crippen LogP contribution in [0.5, 0.6) is 0 Å². The van der Waals surface area contributed by atoms with Gasteiger partial charge in [-0.1, -0.05) is 0 Å². The van der Waals surface area contributed by atoms with Gasteiger partial charge in [-0.3, -0.25) is 9.78 Å². The molecule has 126 valence electrons. The van der Waals surface area contributed by atoms with Crippen molar-refractivity contribution in [1.29, 1.82) is 0 Å². The Morgan fingerprint density at radius 2 is 2.08 bits per heavy atom. The summed E-state index contributed by atoms with van der Waals surface area (Å²) < 4.78 is 1.70. The molecule has 4 heterocycles. The Morgan fingerprint density at radius 3 is 2.88 bits per heavy atom. The molecule has 1 amide bonds. The van der Waals surface area contributed by atoms with Crippen LogP contribution in [0.4, 0.5) is 5.82 Å². The van der Waals surface area contributed by atoms with Crippen LogP contribution in [0.15, 0.2) is 36.7 Å². The van der Waals surface area contributed by atoms with E-state index in [-0.39, 0.29) is 11.9 Å². The van der Waals surface area contributed by atoms with Gasteiger partial charge in [0.25, 0.3) is 0 Å². The van der Waals surface area contributed by atoms with Crippen molar-refractivity contribution in [3.05, 3.63) is 36.7 Å². The molecule has 2 aliphatic rings. The predicted molar refractivity (Wildman–Crippen MR) is 90.8 cm³/mol. The van der Waals surface area contributed by atoms with Gasteiger partial charge in [-0.25, -0.2) is 0 Å². The summed E-state index contributed by atoms with van der Waals surface area (Å²) in [6.45, 7) is 0.751. The molecule has 0 aromatic carbocycles. The lowest BCUT2D eigenvalue weighted by Crippen LogP contribution is -2.30. The van der Waals surface area contributed by atoms with E-state index in [0.29, 0.717) is 29.8 Å². The largest absolute Gasteiger partial charge is 0.364 e. The molecule has 5 rings (SSSR count). The lowest BCUT2D eigenvalue weighted by atomic mass is 10.2. The first kappa shape index (κ1) is 14.3. The first-order chi connectivity index (χ1) is 12.3. The third-order valence-electron chi connectivity index (χ3n) is 4.68. The van der Waals surface area contributed by atoms with E-state index in [1.807, 2.05) is 29.2 Å². The molecule has 0 radical (unpaired) electrons. The summed E-state index contributed by atoms with van der Waals surface area (Å²) in [4.78, 5) is 18.2. The number of rotatable bonds is 4. The van der Waals surface area contributed by atoms with Gasteiger partial charge in [0.15, 0.2) is 11.5 Å². The van der Waals surface area contributed by atoms with E-state index in [0.717, 1.165) is 24.9 Å². The molecule has 3 aromatic heterocycles. The van der Waals surface area contributed by atoms with Crippen molar-refractivity contribution >= 4 is 17.4 Å². The van der Waals surface area contributed by atoms with Crippen LogP contribution in [-0.4, -0.2) is 54.2 Å². The Kier molecular flexibility index (Phi) is 3.16. The molecule has 1 saturated heterocycles. The molecule has 1 atom stereocenters. The highest BCUT2D eigenvalue weighted by Gasteiger charge is 2.39. The second-order valence-electron chi connectivity index (χ2n) is 6.58. The number of carbonyl (C=O) groups excluding carboxylic acids is 1. The fourth-order valence-corrected chi connectivity index (χ4v) is 3.32. The smallest absolute Gasteiger partial charge is 0.225 e. The van der Waals surface area contributed by atoms with Crippen molar-refractivity contribution in [2.24, 2.45) is 0 Å². The zero-order valence-corrected chi connectivity index (χ0v) is 13.5. The fourth-order valence-electron chi connectivity index (χ4n) is 3.32. The number of fused-ring (bicyclic) bond motifs is 1. The molecule has 1 saturated carbocycles. The van der Waals surface area contributed by atoms with E-state index in [4.69, 9.17) is 0 Å². The lowest BCUT2D eigenvalue weighted by Gasteiger charge is -2.16.